The van der Waals surface area contributed by atoms with Crippen LogP contribution in [0.3, 0.4) is 0 Å². The molecule has 6 nitrogen and oxygen atoms in total. The van der Waals surface area contributed by atoms with E-state index < -0.39 is 5.56 Å². The number of hydrogen-bond acceptors (Lipinski definition) is 4. The van der Waals surface area contributed by atoms with Crippen LogP contribution in [0.4, 0.5) is 11.4 Å². The van der Waals surface area contributed by atoms with Crippen LogP contribution in [0, 0.1) is 0 Å². The van der Waals surface area contributed by atoms with Crippen molar-refractivity contribution in [3.63, 3.8) is 0 Å². The fraction of sp³-hybridized carbons (Fsp3) is 0. The van der Waals surface area contributed by atoms with E-state index in [-0.39, 0.29) is 11.6 Å². The van der Waals surface area contributed by atoms with Crippen molar-refractivity contribution in [1.29, 1.82) is 0 Å². The van der Waals surface area contributed by atoms with Crippen LogP contribution in [0.1, 0.15) is 0 Å². The second-order valence-corrected chi connectivity index (χ2v) is 5.29. The average molecular weight is 359 g/mol. The first kappa shape index (κ1) is 14.3. The van der Waals surface area contributed by atoms with Gasteiger partial charge in [-0.25, -0.2) is 4.68 Å². The molecule has 0 bridgehead atoms. The Morgan fingerprint density at radius 3 is 2.41 bits per heavy atom. The number of aromatic nitrogens is 2. The molecule has 0 spiro atoms. The van der Waals surface area contributed by atoms with Gasteiger partial charge in [0.25, 0.3) is 5.56 Å². The minimum Gasteiger partial charge on any atom is -0.492 e. The van der Waals surface area contributed by atoms with E-state index >= 15 is 0 Å². The molecule has 0 atom stereocenters. The molecule has 110 valence electrons. The van der Waals surface area contributed by atoms with Crippen LogP contribution in [-0.4, -0.2) is 14.9 Å². The normalized spacial score (nSPS) is 11.1. The van der Waals surface area contributed by atoms with E-state index in [1.54, 1.807) is 36.4 Å². The van der Waals surface area contributed by atoms with Crippen LogP contribution in [0.2, 0.25) is 0 Å². The third-order valence-electron chi connectivity index (χ3n) is 2.98. The maximum Gasteiger partial charge on any atom is 0.296 e. The molecule has 2 N–H and O–H groups in total. The summed E-state index contributed by atoms with van der Waals surface area (Å²) in [5.74, 6) is -0.285. The van der Waals surface area contributed by atoms with E-state index in [2.05, 4.69) is 31.3 Å². The van der Waals surface area contributed by atoms with Crippen molar-refractivity contribution < 1.29 is 5.11 Å². The molecule has 0 fully saturated rings. The molecule has 3 rings (SSSR count). The Labute approximate surface area is 133 Å². The second-order valence-electron chi connectivity index (χ2n) is 4.44. The predicted molar refractivity (Wildman–Crippen MR) is 86.4 cm³/mol. The maximum atomic E-state index is 11.9. The highest BCUT2D eigenvalue weighted by atomic mass is 79.9. The molecular formula is C15H11BrN4O2. The van der Waals surface area contributed by atoms with Crippen LogP contribution >= 0.6 is 15.9 Å². The van der Waals surface area contributed by atoms with Crippen molar-refractivity contribution in [3.05, 3.63) is 69.4 Å². The Kier molecular flexibility index (Phi) is 3.88. The van der Waals surface area contributed by atoms with Crippen molar-refractivity contribution in [2.45, 2.75) is 0 Å². The molecule has 0 saturated heterocycles. The van der Waals surface area contributed by atoms with Crippen LogP contribution in [0.25, 0.3) is 5.69 Å². The summed E-state index contributed by atoms with van der Waals surface area (Å²) < 4.78 is 2.01. The molecule has 0 aliphatic heterocycles. The number of aromatic amines is 1. The van der Waals surface area contributed by atoms with Gasteiger partial charge in [-0.2, -0.15) is 0 Å². The zero-order chi connectivity index (χ0) is 15.5. The summed E-state index contributed by atoms with van der Waals surface area (Å²) in [5.41, 5.74) is 0.532. The average Bonchev–Trinajstić information content (AvgIpc) is 2.82. The van der Waals surface area contributed by atoms with Gasteiger partial charge < -0.3 is 5.11 Å². The first-order chi connectivity index (χ1) is 10.7. The topological polar surface area (TPSA) is 82.7 Å². The molecule has 0 unspecified atom stereocenters. The monoisotopic (exact) mass is 358 g/mol. The summed E-state index contributed by atoms with van der Waals surface area (Å²) in [6, 6.07) is 16.2. The van der Waals surface area contributed by atoms with E-state index in [9.17, 15) is 9.90 Å². The zero-order valence-electron chi connectivity index (χ0n) is 11.3. The third kappa shape index (κ3) is 2.71. The molecule has 0 saturated carbocycles. The van der Waals surface area contributed by atoms with Crippen molar-refractivity contribution in [3.8, 4) is 11.6 Å². The van der Waals surface area contributed by atoms with Crippen molar-refractivity contribution in [2.75, 3.05) is 0 Å². The lowest BCUT2D eigenvalue weighted by atomic mass is 10.3. The van der Waals surface area contributed by atoms with Crippen molar-refractivity contribution >= 4 is 27.3 Å². The Morgan fingerprint density at radius 2 is 1.68 bits per heavy atom. The predicted octanol–water partition coefficient (Wildman–Crippen LogP) is 4.05. The molecule has 2 aromatic carbocycles. The molecular weight excluding hydrogens is 348 g/mol. The highest BCUT2D eigenvalue weighted by Gasteiger charge is 2.14. The molecule has 22 heavy (non-hydrogen) atoms. The van der Waals surface area contributed by atoms with Gasteiger partial charge in [0.1, 0.15) is 0 Å². The van der Waals surface area contributed by atoms with Gasteiger partial charge in [0.2, 0.25) is 11.6 Å². The number of rotatable bonds is 3. The Balaban J connectivity index is 2.01. The number of hydrogen-bond donors (Lipinski definition) is 2. The first-order valence-corrected chi connectivity index (χ1v) is 7.22. The van der Waals surface area contributed by atoms with Gasteiger partial charge in [-0.1, -0.05) is 30.3 Å². The van der Waals surface area contributed by atoms with Crippen LogP contribution in [0.15, 0.2) is 74.1 Å². The number of azo groups is 1. The van der Waals surface area contributed by atoms with Gasteiger partial charge in [0.15, 0.2) is 0 Å². The number of para-hydroxylation sites is 1. The summed E-state index contributed by atoms with van der Waals surface area (Å²) in [6.45, 7) is 0. The SMILES string of the molecule is O=c1[nH]n(-c2ccccc2)c(O)c1N=Nc1ccccc1Br. The first-order valence-electron chi connectivity index (χ1n) is 6.42. The van der Waals surface area contributed by atoms with Gasteiger partial charge in [0, 0.05) is 4.47 Å². The highest BCUT2D eigenvalue weighted by Crippen LogP contribution is 2.29. The summed E-state index contributed by atoms with van der Waals surface area (Å²) in [6.07, 6.45) is 0. The molecule has 1 heterocycles. The van der Waals surface area contributed by atoms with E-state index in [0.717, 1.165) is 4.47 Å². The number of H-pyrrole nitrogens is 1. The van der Waals surface area contributed by atoms with E-state index in [1.165, 1.54) is 4.68 Å². The van der Waals surface area contributed by atoms with Gasteiger partial charge in [-0.3, -0.25) is 9.89 Å². The van der Waals surface area contributed by atoms with Crippen LogP contribution in [0.5, 0.6) is 5.88 Å². The number of nitrogens with zero attached hydrogens (tertiary/aromatic N) is 3. The second kappa shape index (κ2) is 5.98. The van der Waals surface area contributed by atoms with E-state index in [1.807, 2.05) is 18.2 Å². The highest BCUT2D eigenvalue weighted by molar-refractivity contribution is 9.10. The number of halogens is 1. The minimum atomic E-state index is -0.517. The Hall–Kier alpha value is -2.67. The fourth-order valence-corrected chi connectivity index (χ4v) is 2.27. The fourth-order valence-electron chi connectivity index (χ4n) is 1.91. The van der Waals surface area contributed by atoms with Crippen LogP contribution in [-0.2, 0) is 0 Å². The molecule has 7 heteroatoms. The lowest BCUT2D eigenvalue weighted by Crippen LogP contribution is -2.03. The Morgan fingerprint density at radius 1 is 1.00 bits per heavy atom. The van der Waals surface area contributed by atoms with Gasteiger partial charge in [-0.05, 0) is 40.2 Å². The van der Waals surface area contributed by atoms with Gasteiger partial charge in [0.05, 0.1) is 11.4 Å². The zero-order valence-corrected chi connectivity index (χ0v) is 12.9. The van der Waals surface area contributed by atoms with E-state index in [4.69, 9.17) is 0 Å². The lowest BCUT2D eigenvalue weighted by Gasteiger charge is -2.02. The van der Waals surface area contributed by atoms with Crippen molar-refractivity contribution in [2.24, 2.45) is 10.2 Å². The molecule has 0 aliphatic carbocycles. The smallest absolute Gasteiger partial charge is 0.296 e. The standard InChI is InChI=1S/C15H11BrN4O2/c16-11-8-4-5-9-12(11)17-18-13-14(21)19-20(15(13)22)10-6-2-1-3-7-10/h1-9,22H,(H,19,21). The Bertz CT molecular complexity index is 884. The lowest BCUT2D eigenvalue weighted by molar-refractivity contribution is 0.434. The molecule has 0 aliphatic rings. The summed E-state index contributed by atoms with van der Waals surface area (Å²) in [4.78, 5) is 11.9. The molecule has 3 aromatic rings. The molecule has 0 radical (unpaired) electrons. The number of aromatic hydroxyl groups is 1. The molecule has 0 amide bonds. The molecule has 1 aromatic heterocycles. The van der Waals surface area contributed by atoms with Gasteiger partial charge >= 0.3 is 0 Å². The van der Waals surface area contributed by atoms with Crippen molar-refractivity contribution in [1.82, 2.24) is 9.78 Å². The van der Waals surface area contributed by atoms with E-state index in [0.29, 0.717) is 11.4 Å². The number of benzene rings is 2. The maximum absolute atomic E-state index is 11.9. The number of nitrogens with one attached hydrogen (secondary N) is 1. The van der Waals surface area contributed by atoms with Gasteiger partial charge in [-0.15, -0.1) is 10.2 Å². The third-order valence-corrected chi connectivity index (χ3v) is 3.65. The minimum absolute atomic E-state index is 0.139. The summed E-state index contributed by atoms with van der Waals surface area (Å²) in [5, 5.41) is 20.6. The van der Waals surface area contributed by atoms with Crippen LogP contribution < -0.4 is 5.56 Å². The largest absolute Gasteiger partial charge is 0.492 e. The summed E-state index contributed by atoms with van der Waals surface area (Å²) in [7, 11) is 0. The quantitative estimate of drug-likeness (QED) is 0.692. The summed E-state index contributed by atoms with van der Waals surface area (Å²) >= 11 is 3.34.